The SMILES string of the molecule is Cc1cc2c(c(=O)n1C)C(N)=NC2. The molecule has 0 amide bonds. The number of hydrogen-bond acceptors (Lipinski definition) is 3. The molecular weight excluding hydrogens is 166 g/mol. The smallest absolute Gasteiger partial charge is 0.261 e. The van der Waals surface area contributed by atoms with Gasteiger partial charge in [-0.3, -0.25) is 9.79 Å². The van der Waals surface area contributed by atoms with Gasteiger partial charge in [0.1, 0.15) is 5.84 Å². The molecule has 4 heteroatoms. The van der Waals surface area contributed by atoms with E-state index in [-0.39, 0.29) is 5.56 Å². The van der Waals surface area contributed by atoms with Crippen LogP contribution in [0.3, 0.4) is 0 Å². The standard InChI is InChI=1S/C9H11N3O/c1-5-3-6-4-11-8(10)7(6)9(13)12(5)2/h3H,4H2,1-2H3,(H2,10,11). The summed E-state index contributed by atoms with van der Waals surface area (Å²) < 4.78 is 1.59. The predicted octanol–water partition coefficient (Wildman–Crippen LogP) is -0.0874. The first-order valence-corrected chi connectivity index (χ1v) is 4.11. The number of nitrogens with two attached hydrogens (primary N) is 1. The molecule has 0 atom stereocenters. The van der Waals surface area contributed by atoms with Crippen molar-refractivity contribution in [2.75, 3.05) is 0 Å². The van der Waals surface area contributed by atoms with Gasteiger partial charge >= 0.3 is 0 Å². The van der Waals surface area contributed by atoms with Crippen LogP contribution in [0.15, 0.2) is 15.9 Å². The quantitative estimate of drug-likeness (QED) is 0.602. The first kappa shape index (κ1) is 8.04. The summed E-state index contributed by atoms with van der Waals surface area (Å²) in [5, 5.41) is 0. The molecule has 2 rings (SSSR count). The van der Waals surface area contributed by atoms with E-state index >= 15 is 0 Å². The molecule has 1 aromatic rings. The number of aryl methyl sites for hydroxylation is 1. The van der Waals surface area contributed by atoms with Gasteiger partial charge in [0.15, 0.2) is 0 Å². The minimum absolute atomic E-state index is 0.0475. The fraction of sp³-hybridized carbons (Fsp3) is 0.333. The summed E-state index contributed by atoms with van der Waals surface area (Å²) in [6.45, 7) is 2.44. The van der Waals surface area contributed by atoms with Gasteiger partial charge in [0, 0.05) is 12.7 Å². The Morgan fingerprint density at radius 1 is 1.62 bits per heavy atom. The van der Waals surface area contributed by atoms with Crippen molar-refractivity contribution in [2.24, 2.45) is 17.8 Å². The van der Waals surface area contributed by atoms with Gasteiger partial charge < -0.3 is 10.3 Å². The first-order chi connectivity index (χ1) is 6.11. The molecule has 0 bridgehead atoms. The molecule has 13 heavy (non-hydrogen) atoms. The molecule has 0 radical (unpaired) electrons. The van der Waals surface area contributed by atoms with Crippen LogP contribution in [0.4, 0.5) is 0 Å². The number of aliphatic imine (C=N–C) groups is 1. The van der Waals surface area contributed by atoms with E-state index in [0.29, 0.717) is 17.9 Å². The summed E-state index contributed by atoms with van der Waals surface area (Å²) in [5.74, 6) is 0.371. The molecule has 0 unspecified atom stereocenters. The summed E-state index contributed by atoms with van der Waals surface area (Å²) >= 11 is 0. The molecule has 0 saturated heterocycles. The Kier molecular flexibility index (Phi) is 1.52. The lowest BCUT2D eigenvalue weighted by Crippen LogP contribution is -2.29. The third kappa shape index (κ3) is 0.983. The van der Waals surface area contributed by atoms with E-state index in [1.54, 1.807) is 11.6 Å². The molecule has 68 valence electrons. The van der Waals surface area contributed by atoms with Gasteiger partial charge in [-0.15, -0.1) is 0 Å². The Morgan fingerprint density at radius 3 is 3.00 bits per heavy atom. The van der Waals surface area contributed by atoms with Crippen molar-refractivity contribution in [3.63, 3.8) is 0 Å². The van der Waals surface area contributed by atoms with Crippen LogP contribution in [0, 0.1) is 6.92 Å². The van der Waals surface area contributed by atoms with Gasteiger partial charge in [-0.1, -0.05) is 0 Å². The molecule has 2 N–H and O–H groups in total. The van der Waals surface area contributed by atoms with Crippen LogP contribution in [-0.4, -0.2) is 10.4 Å². The Morgan fingerprint density at radius 2 is 2.31 bits per heavy atom. The van der Waals surface area contributed by atoms with Crippen molar-refractivity contribution in [1.29, 1.82) is 0 Å². The Balaban J connectivity index is 2.82. The normalized spacial score (nSPS) is 14.2. The zero-order valence-electron chi connectivity index (χ0n) is 7.66. The lowest BCUT2D eigenvalue weighted by molar-refractivity contribution is 0.810. The highest BCUT2D eigenvalue weighted by Crippen LogP contribution is 2.13. The van der Waals surface area contributed by atoms with Gasteiger partial charge in [-0.05, 0) is 18.6 Å². The maximum atomic E-state index is 11.7. The molecule has 4 nitrogen and oxygen atoms in total. The van der Waals surface area contributed by atoms with Crippen LogP contribution >= 0.6 is 0 Å². The Bertz CT molecular complexity index is 457. The van der Waals surface area contributed by atoms with Crippen LogP contribution in [0.1, 0.15) is 16.8 Å². The number of aromatic nitrogens is 1. The minimum Gasteiger partial charge on any atom is -0.383 e. The highest BCUT2D eigenvalue weighted by molar-refractivity contribution is 6.00. The fourth-order valence-corrected chi connectivity index (χ4v) is 1.53. The Labute approximate surface area is 75.7 Å². The van der Waals surface area contributed by atoms with Crippen LogP contribution in [0.25, 0.3) is 0 Å². The second-order valence-electron chi connectivity index (χ2n) is 3.25. The van der Waals surface area contributed by atoms with E-state index in [9.17, 15) is 4.79 Å². The number of amidine groups is 1. The maximum Gasteiger partial charge on any atom is 0.261 e. The summed E-state index contributed by atoms with van der Waals surface area (Å²) in [6.07, 6.45) is 0. The van der Waals surface area contributed by atoms with Crippen LogP contribution in [0.2, 0.25) is 0 Å². The first-order valence-electron chi connectivity index (χ1n) is 4.11. The minimum atomic E-state index is -0.0475. The molecule has 2 heterocycles. The van der Waals surface area contributed by atoms with Crippen molar-refractivity contribution >= 4 is 5.84 Å². The Hall–Kier alpha value is -1.58. The largest absolute Gasteiger partial charge is 0.383 e. The van der Waals surface area contributed by atoms with Crippen molar-refractivity contribution in [1.82, 2.24) is 4.57 Å². The van der Waals surface area contributed by atoms with Crippen molar-refractivity contribution in [3.8, 4) is 0 Å². The number of rotatable bonds is 0. The van der Waals surface area contributed by atoms with Gasteiger partial charge in [0.05, 0.1) is 12.1 Å². The van der Waals surface area contributed by atoms with E-state index in [1.807, 2.05) is 13.0 Å². The topological polar surface area (TPSA) is 60.4 Å². The molecule has 1 aliphatic rings. The molecular formula is C9H11N3O. The summed E-state index contributed by atoms with van der Waals surface area (Å²) in [7, 11) is 1.74. The van der Waals surface area contributed by atoms with Crippen molar-refractivity contribution in [2.45, 2.75) is 13.5 Å². The van der Waals surface area contributed by atoms with E-state index in [1.165, 1.54) is 0 Å². The van der Waals surface area contributed by atoms with E-state index in [0.717, 1.165) is 11.3 Å². The number of fused-ring (bicyclic) bond motifs is 1. The average Bonchev–Trinajstić information content (AvgIpc) is 2.43. The van der Waals surface area contributed by atoms with Crippen LogP contribution in [-0.2, 0) is 13.6 Å². The average molecular weight is 177 g/mol. The van der Waals surface area contributed by atoms with E-state index in [4.69, 9.17) is 5.73 Å². The molecule has 0 aromatic carbocycles. The molecule has 0 fully saturated rings. The van der Waals surface area contributed by atoms with Gasteiger partial charge in [-0.25, -0.2) is 0 Å². The lowest BCUT2D eigenvalue weighted by Gasteiger charge is -2.06. The number of pyridine rings is 1. The molecule has 1 aromatic heterocycles. The van der Waals surface area contributed by atoms with Crippen LogP contribution in [0.5, 0.6) is 0 Å². The van der Waals surface area contributed by atoms with Crippen molar-refractivity contribution < 1.29 is 0 Å². The fourth-order valence-electron chi connectivity index (χ4n) is 1.53. The van der Waals surface area contributed by atoms with Crippen molar-refractivity contribution in [3.05, 3.63) is 33.2 Å². The molecule has 0 saturated carbocycles. The number of hydrogen-bond donors (Lipinski definition) is 1. The summed E-state index contributed by atoms with van der Waals surface area (Å²) in [5.41, 5.74) is 8.01. The number of nitrogens with zero attached hydrogens (tertiary/aromatic N) is 2. The third-order valence-corrected chi connectivity index (χ3v) is 2.43. The summed E-state index contributed by atoms with van der Waals surface area (Å²) in [4.78, 5) is 15.7. The highest BCUT2D eigenvalue weighted by atomic mass is 16.1. The van der Waals surface area contributed by atoms with Gasteiger partial charge in [0.25, 0.3) is 5.56 Å². The molecule has 0 aliphatic carbocycles. The second kappa shape index (κ2) is 2.45. The summed E-state index contributed by atoms with van der Waals surface area (Å²) in [6, 6.07) is 1.96. The predicted molar refractivity (Wildman–Crippen MR) is 50.8 cm³/mol. The zero-order valence-corrected chi connectivity index (χ0v) is 7.66. The van der Waals surface area contributed by atoms with E-state index in [2.05, 4.69) is 4.99 Å². The molecule has 0 spiro atoms. The second-order valence-corrected chi connectivity index (χ2v) is 3.25. The maximum absolute atomic E-state index is 11.7. The highest BCUT2D eigenvalue weighted by Gasteiger charge is 2.18. The van der Waals surface area contributed by atoms with E-state index < -0.39 is 0 Å². The third-order valence-electron chi connectivity index (χ3n) is 2.43. The van der Waals surface area contributed by atoms with Gasteiger partial charge in [-0.2, -0.15) is 0 Å². The zero-order chi connectivity index (χ0) is 9.59. The molecule has 1 aliphatic heterocycles. The van der Waals surface area contributed by atoms with Gasteiger partial charge in [0.2, 0.25) is 0 Å². The lowest BCUT2D eigenvalue weighted by atomic mass is 10.1. The van der Waals surface area contributed by atoms with Crippen LogP contribution < -0.4 is 11.3 Å². The monoisotopic (exact) mass is 177 g/mol.